The number of thioether (sulfide) groups is 1. The van der Waals surface area contributed by atoms with Crippen molar-refractivity contribution in [3.8, 4) is 0 Å². The molecule has 6 heteroatoms. The van der Waals surface area contributed by atoms with Gasteiger partial charge in [-0.05, 0) is 50.1 Å². The highest BCUT2D eigenvalue weighted by Crippen LogP contribution is 2.35. The Labute approximate surface area is 157 Å². The minimum absolute atomic E-state index is 0.0183. The Kier molecular flexibility index (Phi) is 5.14. The second-order valence-electron chi connectivity index (χ2n) is 7.47. The fourth-order valence-electron chi connectivity index (χ4n) is 3.07. The lowest BCUT2D eigenvalue weighted by molar-refractivity contribution is -0.142. The number of aliphatic carboxylic acids is 1. The molecule has 1 N–H and O–H groups in total. The molecule has 1 aliphatic heterocycles. The van der Waals surface area contributed by atoms with Crippen LogP contribution in [0.1, 0.15) is 27.2 Å². The molecule has 0 aromatic heterocycles. The van der Waals surface area contributed by atoms with Gasteiger partial charge in [-0.3, -0.25) is 4.90 Å². The smallest absolute Gasteiger partial charge is 0.411 e. The first-order valence-electron chi connectivity index (χ1n) is 8.61. The zero-order valence-electron chi connectivity index (χ0n) is 15.1. The quantitative estimate of drug-likeness (QED) is 0.864. The maximum absolute atomic E-state index is 12.4. The highest BCUT2D eigenvalue weighted by molar-refractivity contribution is 8.00. The molecule has 1 saturated heterocycles. The van der Waals surface area contributed by atoms with E-state index in [1.807, 2.05) is 18.2 Å². The zero-order valence-corrected chi connectivity index (χ0v) is 16.0. The van der Waals surface area contributed by atoms with Gasteiger partial charge in [0.15, 0.2) is 0 Å². The van der Waals surface area contributed by atoms with E-state index in [1.54, 1.807) is 32.5 Å². The number of nitrogens with zero attached hydrogens (tertiary/aromatic N) is 1. The van der Waals surface area contributed by atoms with Crippen molar-refractivity contribution in [3.05, 3.63) is 42.5 Å². The highest BCUT2D eigenvalue weighted by atomic mass is 32.2. The van der Waals surface area contributed by atoms with Crippen LogP contribution >= 0.6 is 11.8 Å². The van der Waals surface area contributed by atoms with Gasteiger partial charge < -0.3 is 9.84 Å². The summed E-state index contributed by atoms with van der Waals surface area (Å²) in [6, 6.07) is 13.5. The molecule has 0 spiro atoms. The van der Waals surface area contributed by atoms with E-state index in [0.29, 0.717) is 13.0 Å². The number of carbonyl (C=O) groups excluding carboxylic acids is 1. The van der Waals surface area contributed by atoms with Gasteiger partial charge in [0.2, 0.25) is 0 Å². The molecule has 1 aliphatic rings. The van der Waals surface area contributed by atoms with Crippen LogP contribution in [0, 0.1) is 0 Å². The van der Waals surface area contributed by atoms with Gasteiger partial charge >= 0.3 is 12.1 Å². The Morgan fingerprint density at radius 1 is 1.15 bits per heavy atom. The predicted molar refractivity (Wildman–Crippen MR) is 103 cm³/mol. The van der Waals surface area contributed by atoms with E-state index in [9.17, 15) is 14.7 Å². The fraction of sp³-hybridized carbons (Fsp3) is 0.400. The number of benzene rings is 2. The topological polar surface area (TPSA) is 66.8 Å². The fourth-order valence-corrected chi connectivity index (χ4v) is 4.31. The molecule has 0 bridgehead atoms. The van der Waals surface area contributed by atoms with Crippen molar-refractivity contribution in [2.45, 2.75) is 49.0 Å². The summed E-state index contributed by atoms with van der Waals surface area (Å²) in [4.78, 5) is 26.4. The van der Waals surface area contributed by atoms with Gasteiger partial charge in [0, 0.05) is 16.7 Å². The van der Waals surface area contributed by atoms with E-state index in [2.05, 4.69) is 24.3 Å². The van der Waals surface area contributed by atoms with Crippen LogP contribution in [0.5, 0.6) is 0 Å². The maximum Gasteiger partial charge on any atom is 0.411 e. The Bertz CT molecular complexity index is 830. The standard InChI is InChI=1S/C20H23NO4S/c1-20(2,3)25-19(24)21-12-16(11-17(21)18(22)23)26-15-9-8-13-6-4-5-7-14(13)10-15/h4-10,16-17H,11-12H2,1-3H3,(H,22,23). The van der Waals surface area contributed by atoms with Crippen molar-refractivity contribution in [2.75, 3.05) is 6.54 Å². The van der Waals surface area contributed by atoms with Crippen LogP contribution in [0.2, 0.25) is 0 Å². The first kappa shape index (κ1) is 18.6. The molecule has 2 atom stereocenters. The summed E-state index contributed by atoms with van der Waals surface area (Å²) in [6.45, 7) is 5.69. The van der Waals surface area contributed by atoms with Gasteiger partial charge in [0.05, 0.1) is 0 Å². The van der Waals surface area contributed by atoms with Crippen LogP contribution in [0.3, 0.4) is 0 Å². The summed E-state index contributed by atoms with van der Waals surface area (Å²) in [5.74, 6) is -0.988. The number of likely N-dealkylation sites (tertiary alicyclic amines) is 1. The monoisotopic (exact) mass is 373 g/mol. The third-order valence-electron chi connectivity index (χ3n) is 4.20. The molecule has 1 amide bonds. The number of fused-ring (bicyclic) bond motifs is 1. The lowest BCUT2D eigenvalue weighted by Gasteiger charge is -2.26. The number of amides is 1. The molecule has 0 saturated carbocycles. The van der Waals surface area contributed by atoms with E-state index < -0.39 is 23.7 Å². The summed E-state index contributed by atoms with van der Waals surface area (Å²) in [7, 11) is 0. The Morgan fingerprint density at radius 2 is 1.85 bits per heavy atom. The Morgan fingerprint density at radius 3 is 2.50 bits per heavy atom. The number of carboxylic acid groups (broad SMARTS) is 1. The summed E-state index contributed by atoms with van der Waals surface area (Å²) < 4.78 is 5.37. The van der Waals surface area contributed by atoms with Crippen molar-refractivity contribution in [1.29, 1.82) is 0 Å². The molecular formula is C20H23NO4S. The van der Waals surface area contributed by atoms with Crippen LogP contribution < -0.4 is 0 Å². The minimum atomic E-state index is -0.988. The second kappa shape index (κ2) is 7.19. The van der Waals surface area contributed by atoms with Gasteiger partial charge in [0.25, 0.3) is 0 Å². The number of carboxylic acids is 1. The highest BCUT2D eigenvalue weighted by Gasteiger charge is 2.41. The summed E-state index contributed by atoms with van der Waals surface area (Å²) in [5, 5.41) is 11.8. The molecule has 1 heterocycles. The number of hydrogen-bond donors (Lipinski definition) is 1. The van der Waals surface area contributed by atoms with Gasteiger partial charge in [-0.15, -0.1) is 11.8 Å². The van der Waals surface area contributed by atoms with Crippen LogP contribution in [0.25, 0.3) is 10.8 Å². The minimum Gasteiger partial charge on any atom is -0.480 e. The first-order valence-corrected chi connectivity index (χ1v) is 9.49. The SMILES string of the molecule is CC(C)(C)OC(=O)N1CC(Sc2ccc3ccccc3c2)CC1C(=O)O. The van der Waals surface area contributed by atoms with Crippen molar-refractivity contribution in [2.24, 2.45) is 0 Å². The normalized spacial score (nSPS) is 20.3. The molecular weight excluding hydrogens is 350 g/mol. The molecule has 1 fully saturated rings. The van der Waals surface area contributed by atoms with Gasteiger partial charge in [-0.25, -0.2) is 9.59 Å². The average Bonchev–Trinajstić information content (AvgIpc) is 2.97. The number of hydrogen-bond acceptors (Lipinski definition) is 4. The van der Waals surface area contributed by atoms with Crippen molar-refractivity contribution >= 4 is 34.6 Å². The molecule has 0 aliphatic carbocycles. The largest absolute Gasteiger partial charge is 0.480 e. The van der Waals surface area contributed by atoms with E-state index >= 15 is 0 Å². The molecule has 138 valence electrons. The Balaban J connectivity index is 1.74. The van der Waals surface area contributed by atoms with E-state index in [-0.39, 0.29) is 5.25 Å². The van der Waals surface area contributed by atoms with E-state index in [4.69, 9.17) is 4.74 Å². The van der Waals surface area contributed by atoms with Crippen molar-refractivity contribution in [1.82, 2.24) is 4.90 Å². The first-order chi connectivity index (χ1) is 12.2. The summed E-state index contributed by atoms with van der Waals surface area (Å²) in [5.41, 5.74) is -0.649. The summed E-state index contributed by atoms with van der Waals surface area (Å²) >= 11 is 1.61. The van der Waals surface area contributed by atoms with Gasteiger partial charge in [-0.1, -0.05) is 30.3 Å². The number of carbonyl (C=O) groups is 2. The third-order valence-corrected chi connectivity index (χ3v) is 5.40. The maximum atomic E-state index is 12.4. The lowest BCUT2D eigenvalue weighted by Crippen LogP contribution is -2.43. The molecule has 2 aromatic carbocycles. The zero-order chi connectivity index (χ0) is 18.9. The molecule has 2 aromatic rings. The van der Waals surface area contributed by atoms with Gasteiger partial charge in [0.1, 0.15) is 11.6 Å². The lowest BCUT2D eigenvalue weighted by atomic mass is 10.1. The summed E-state index contributed by atoms with van der Waals surface area (Å²) in [6.07, 6.45) is -0.155. The van der Waals surface area contributed by atoms with Gasteiger partial charge in [-0.2, -0.15) is 0 Å². The van der Waals surface area contributed by atoms with Crippen LogP contribution in [-0.2, 0) is 9.53 Å². The number of rotatable bonds is 3. The molecule has 0 radical (unpaired) electrons. The Hall–Kier alpha value is -2.21. The van der Waals surface area contributed by atoms with Crippen molar-refractivity contribution < 1.29 is 19.4 Å². The van der Waals surface area contributed by atoms with Crippen molar-refractivity contribution in [3.63, 3.8) is 0 Å². The average molecular weight is 373 g/mol. The molecule has 5 nitrogen and oxygen atoms in total. The predicted octanol–water partition coefficient (Wildman–Crippen LogP) is 4.39. The second-order valence-corrected chi connectivity index (χ2v) is 8.85. The molecule has 3 rings (SSSR count). The molecule has 2 unspecified atom stereocenters. The molecule has 26 heavy (non-hydrogen) atoms. The van der Waals surface area contributed by atoms with E-state index in [1.165, 1.54) is 10.3 Å². The number of ether oxygens (including phenoxy) is 1. The van der Waals surface area contributed by atoms with Crippen LogP contribution in [-0.4, -0.2) is 45.5 Å². The third kappa shape index (κ3) is 4.30. The van der Waals surface area contributed by atoms with Crippen LogP contribution in [0.15, 0.2) is 47.4 Å². The van der Waals surface area contributed by atoms with Crippen LogP contribution in [0.4, 0.5) is 4.79 Å². The van der Waals surface area contributed by atoms with E-state index in [0.717, 1.165) is 10.3 Å².